The molecule has 0 aromatic rings. The van der Waals surface area contributed by atoms with E-state index in [0.29, 0.717) is 17.4 Å². The molecule has 1 atom stereocenters. The normalized spacial score (nSPS) is 27.1. The topological polar surface area (TPSA) is 29.5 Å². The first-order valence-corrected chi connectivity index (χ1v) is 7.47. The molecule has 1 unspecified atom stereocenters. The van der Waals surface area contributed by atoms with Crippen molar-refractivity contribution in [1.82, 2.24) is 4.90 Å². The number of rotatable bonds is 3. The van der Waals surface area contributed by atoms with Crippen molar-refractivity contribution in [2.75, 3.05) is 19.7 Å². The van der Waals surface area contributed by atoms with Gasteiger partial charge < -0.3 is 9.64 Å². The third kappa shape index (κ3) is 2.87. The number of hydrogen-bond donors (Lipinski definition) is 0. The van der Waals surface area contributed by atoms with Crippen LogP contribution in [0.5, 0.6) is 0 Å². The van der Waals surface area contributed by atoms with Crippen molar-refractivity contribution in [2.45, 2.75) is 59.0 Å². The van der Waals surface area contributed by atoms with E-state index in [-0.39, 0.29) is 5.92 Å². The van der Waals surface area contributed by atoms with E-state index in [4.69, 9.17) is 4.74 Å². The number of amides is 1. The Morgan fingerprint density at radius 3 is 2.56 bits per heavy atom. The molecule has 18 heavy (non-hydrogen) atoms. The van der Waals surface area contributed by atoms with Crippen LogP contribution in [0.25, 0.3) is 0 Å². The van der Waals surface area contributed by atoms with E-state index in [9.17, 15) is 4.79 Å². The van der Waals surface area contributed by atoms with Gasteiger partial charge in [0.25, 0.3) is 0 Å². The maximum absolute atomic E-state index is 12.0. The number of ether oxygens (including phenoxy) is 1. The monoisotopic (exact) mass is 253 g/mol. The highest BCUT2D eigenvalue weighted by molar-refractivity contribution is 5.78. The second-order valence-corrected chi connectivity index (χ2v) is 6.30. The molecule has 0 aromatic heterocycles. The molecule has 1 heterocycles. The van der Waals surface area contributed by atoms with E-state index < -0.39 is 0 Å². The molecule has 2 fully saturated rings. The van der Waals surface area contributed by atoms with Crippen LogP contribution in [0.15, 0.2) is 0 Å². The summed E-state index contributed by atoms with van der Waals surface area (Å²) in [6.45, 7) is 8.81. The Hall–Kier alpha value is -0.570. The lowest BCUT2D eigenvalue weighted by Gasteiger charge is -2.40. The molecule has 1 saturated carbocycles. The standard InChI is InChI=1S/C15H27NO2/c1-4-18-13-5-6-15(11-13)7-9-16(10-8-15)14(17)12(2)3/h12-13H,4-11H2,1-3H3. The average molecular weight is 253 g/mol. The van der Waals surface area contributed by atoms with Crippen LogP contribution < -0.4 is 0 Å². The van der Waals surface area contributed by atoms with E-state index >= 15 is 0 Å². The molecular weight excluding hydrogens is 226 g/mol. The predicted molar refractivity (Wildman–Crippen MR) is 72.4 cm³/mol. The maximum atomic E-state index is 12.0. The number of piperidine rings is 1. The summed E-state index contributed by atoms with van der Waals surface area (Å²) in [7, 11) is 0. The molecule has 2 aliphatic rings. The van der Waals surface area contributed by atoms with E-state index in [2.05, 4.69) is 11.8 Å². The van der Waals surface area contributed by atoms with E-state index in [1.165, 1.54) is 32.1 Å². The zero-order valence-corrected chi connectivity index (χ0v) is 12.1. The lowest BCUT2D eigenvalue weighted by atomic mass is 9.77. The zero-order valence-electron chi connectivity index (χ0n) is 12.1. The van der Waals surface area contributed by atoms with Crippen molar-refractivity contribution in [3.63, 3.8) is 0 Å². The number of likely N-dealkylation sites (tertiary alicyclic amines) is 1. The van der Waals surface area contributed by atoms with E-state index in [1.807, 2.05) is 13.8 Å². The Bertz CT molecular complexity index is 293. The molecule has 3 nitrogen and oxygen atoms in total. The maximum Gasteiger partial charge on any atom is 0.225 e. The van der Waals surface area contributed by atoms with Crippen LogP contribution in [0.2, 0.25) is 0 Å². The Balaban J connectivity index is 1.85. The van der Waals surface area contributed by atoms with Crippen molar-refractivity contribution >= 4 is 5.91 Å². The molecule has 104 valence electrons. The summed E-state index contributed by atoms with van der Waals surface area (Å²) in [6, 6.07) is 0. The minimum atomic E-state index is 0.138. The molecule has 1 amide bonds. The molecule has 1 saturated heterocycles. The molecule has 1 aliphatic carbocycles. The van der Waals surface area contributed by atoms with Crippen LogP contribution in [-0.4, -0.2) is 36.6 Å². The van der Waals surface area contributed by atoms with Crippen molar-refractivity contribution in [2.24, 2.45) is 11.3 Å². The summed E-state index contributed by atoms with van der Waals surface area (Å²) >= 11 is 0. The van der Waals surface area contributed by atoms with Gasteiger partial charge in [-0.15, -0.1) is 0 Å². The Labute approximate surface area is 111 Å². The number of carbonyl (C=O) groups is 1. The molecule has 1 spiro atoms. The minimum absolute atomic E-state index is 0.138. The molecular formula is C15H27NO2. The summed E-state index contributed by atoms with van der Waals surface area (Å²) < 4.78 is 5.76. The molecule has 1 aliphatic heterocycles. The number of carbonyl (C=O) groups excluding carboxylic acids is 1. The summed E-state index contributed by atoms with van der Waals surface area (Å²) in [5.41, 5.74) is 0.480. The first kappa shape index (κ1) is 13.9. The highest BCUT2D eigenvalue weighted by Gasteiger charge is 2.42. The highest BCUT2D eigenvalue weighted by atomic mass is 16.5. The lowest BCUT2D eigenvalue weighted by Crippen LogP contribution is -2.44. The predicted octanol–water partition coefficient (Wildman–Crippen LogP) is 2.84. The van der Waals surface area contributed by atoms with Crippen LogP contribution in [0.3, 0.4) is 0 Å². The van der Waals surface area contributed by atoms with E-state index in [1.54, 1.807) is 0 Å². The van der Waals surface area contributed by atoms with Gasteiger partial charge in [0.2, 0.25) is 5.91 Å². The van der Waals surface area contributed by atoms with E-state index in [0.717, 1.165) is 19.7 Å². The second kappa shape index (κ2) is 5.60. The van der Waals surface area contributed by atoms with Gasteiger partial charge >= 0.3 is 0 Å². The lowest BCUT2D eigenvalue weighted by molar-refractivity contribution is -0.136. The van der Waals surface area contributed by atoms with Crippen molar-refractivity contribution in [3.8, 4) is 0 Å². The molecule has 2 rings (SSSR count). The zero-order chi connectivity index (χ0) is 13.2. The molecule has 3 heteroatoms. The van der Waals surface area contributed by atoms with Gasteiger partial charge in [0.1, 0.15) is 0 Å². The number of hydrogen-bond acceptors (Lipinski definition) is 2. The first-order chi connectivity index (χ1) is 8.56. The van der Waals surface area contributed by atoms with Crippen LogP contribution in [0.1, 0.15) is 52.9 Å². The summed E-state index contributed by atoms with van der Waals surface area (Å²) in [5, 5.41) is 0. The van der Waals surface area contributed by atoms with Gasteiger partial charge in [0.05, 0.1) is 6.10 Å². The molecule has 0 N–H and O–H groups in total. The van der Waals surface area contributed by atoms with Gasteiger partial charge in [-0.3, -0.25) is 4.79 Å². The van der Waals surface area contributed by atoms with Crippen LogP contribution in [-0.2, 0) is 9.53 Å². The smallest absolute Gasteiger partial charge is 0.225 e. The second-order valence-electron chi connectivity index (χ2n) is 6.30. The first-order valence-electron chi connectivity index (χ1n) is 7.47. The fourth-order valence-corrected chi connectivity index (χ4v) is 3.55. The average Bonchev–Trinajstić information content (AvgIpc) is 2.73. The van der Waals surface area contributed by atoms with Crippen molar-refractivity contribution in [1.29, 1.82) is 0 Å². The Kier molecular flexibility index (Phi) is 4.31. The molecule has 0 aromatic carbocycles. The van der Waals surface area contributed by atoms with Crippen molar-refractivity contribution in [3.05, 3.63) is 0 Å². The quantitative estimate of drug-likeness (QED) is 0.774. The van der Waals surface area contributed by atoms with Gasteiger partial charge in [-0.25, -0.2) is 0 Å². The van der Waals surface area contributed by atoms with Gasteiger partial charge in [-0.1, -0.05) is 13.8 Å². The SMILES string of the molecule is CCOC1CCC2(CCN(C(=O)C(C)C)CC2)C1. The van der Waals surface area contributed by atoms with Crippen LogP contribution in [0, 0.1) is 11.3 Å². The van der Waals surface area contributed by atoms with Gasteiger partial charge in [0, 0.05) is 25.6 Å². The van der Waals surface area contributed by atoms with Crippen molar-refractivity contribution < 1.29 is 9.53 Å². The number of nitrogens with zero attached hydrogens (tertiary/aromatic N) is 1. The van der Waals surface area contributed by atoms with Crippen LogP contribution in [0.4, 0.5) is 0 Å². The fourth-order valence-electron chi connectivity index (χ4n) is 3.55. The van der Waals surface area contributed by atoms with Gasteiger partial charge in [-0.05, 0) is 44.4 Å². The molecule has 0 bridgehead atoms. The fraction of sp³-hybridized carbons (Fsp3) is 0.933. The van der Waals surface area contributed by atoms with Crippen LogP contribution >= 0.6 is 0 Å². The largest absolute Gasteiger partial charge is 0.378 e. The third-order valence-electron chi connectivity index (χ3n) is 4.69. The summed E-state index contributed by atoms with van der Waals surface area (Å²) in [4.78, 5) is 14.0. The Morgan fingerprint density at radius 2 is 2.00 bits per heavy atom. The minimum Gasteiger partial charge on any atom is -0.378 e. The molecule has 0 radical (unpaired) electrons. The van der Waals surface area contributed by atoms with Gasteiger partial charge in [-0.2, -0.15) is 0 Å². The third-order valence-corrected chi connectivity index (χ3v) is 4.69. The summed E-state index contributed by atoms with van der Waals surface area (Å²) in [6.07, 6.45) is 6.55. The Morgan fingerprint density at radius 1 is 1.33 bits per heavy atom. The summed E-state index contributed by atoms with van der Waals surface area (Å²) in [5.74, 6) is 0.461. The highest BCUT2D eigenvalue weighted by Crippen LogP contribution is 2.47. The van der Waals surface area contributed by atoms with Gasteiger partial charge in [0.15, 0.2) is 0 Å².